The van der Waals surface area contributed by atoms with Gasteiger partial charge in [-0.3, -0.25) is 4.79 Å². The molecular weight excluding hydrogens is 779 g/mol. The Bertz CT molecular complexity index is 1110. The van der Waals surface area contributed by atoms with Gasteiger partial charge in [0.2, 0.25) is 5.91 Å². The van der Waals surface area contributed by atoms with Gasteiger partial charge in [0.1, 0.15) is 24.4 Å². The second-order valence-electron chi connectivity index (χ2n) is 18.0. The maximum atomic E-state index is 12.9. The summed E-state index contributed by atoms with van der Waals surface area (Å²) in [5, 5.41) is 54.3. The quantitative estimate of drug-likeness (QED) is 0.0262. The third kappa shape index (κ3) is 32.8. The maximum absolute atomic E-state index is 12.9. The molecule has 9 nitrogen and oxygen atoms in total. The molecule has 0 aromatic carbocycles. The minimum absolute atomic E-state index is 0.202. The Balaban J connectivity index is 2.27. The molecule has 0 aliphatic carbocycles. The Morgan fingerprint density at radius 2 is 1.00 bits per heavy atom. The van der Waals surface area contributed by atoms with E-state index in [0.717, 1.165) is 70.6 Å². The number of unbranched alkanes of at least 4 members (excludes halogenated alkanes) is 27. The van der Waals surface area contributed by atoms with Gasteiger partial charge in [-0.25, -0.2) is 0 Å². The lowest BCUT2D eigenvalue weighted by molar-refractivity contribution is -0.302. The molecule has 7 unspecified atom stereocenters. The fraction of sp³-hybridized carbons (Fsp3) is 0.830. The molecule has 362 valence electrons. The predicted molar refractivity (Wildman–Crippen MR) is 258 cm³/mol. The number of carbonyl (C=O) groups excluding carboxylic acids is 1. The fourth-order valence-corrected chi connectivity index (χ4v) is 7.97. The summed E-state index contributed by atoms with van der Waals surface area (Å²) in [5.41, 5.74) is 0. The highest BCUT2D eigenvalue weighted by Crippen LogP contribution is 2.23. The Hall–Kier alpha value is -1.85. The van der Waals surface area contributed by atoms with Crippen LogP contribution in [0.1, 0.15) is 226 Å². The summed E-state index contributed by atoms with van der Waals surface area (Å²) in [5.74, 6) is -0.202. The van der Waals surface area contributed by atoms with Gasteiger partial charge in [0, 0.05) is 6.42 Å². The van der Waals surface area contributed by atoms with Gasteiger partial charge in [0.05, 0.1) is 25.4 Å². The standard InChI is InChI=1S/C53H97NO8/c1-3-5-7-9-11-13-15-17-18-19-20-21-22-23-24-25-26-27-28-29-31-32-34-36-38-40-42-47(56)46(45-61-53-52(60)51(59)50(58)48(44-55)62-53)54-49(57)43-41-39-37-35-33-30-16-14-12-10-8-6-4-2/h8,10,14,16,32,34,40,42,46-48,50-53,55-56,58-60H,3-7,9,11-13,15,17-31,33,35-39,41,43-45H2,1-2H3,(H,54,57)/b10-8-,16-14-,34-32+,42-40+. The van der Waals surface area contributed by atoms with E-state index in [9.17, 15) is 30.3 Å². The number of rotatable bonds is 43. The van der Waals surface area contributed by atoms with Crippen molar-refractivity contribution in [3.05, 3.63) is 48.6 Å². The number of hydrogen-bond donors (Lipinski definition) is 6. The topological polar surface area (TPSA) is 149 Å². The van der Waals surface area contributed by atoms with Crippen LogP contribution >= 0.6 is 0 Å². The highest BCUT2D eigenvalue weighted by molar-refractivity contribution is 5.76. The second kappa shape index (κ2) is 43.1. The Labute approximate surface area is 380 Å². The predicted octanol–water partition coefficient (Wildman–Crippen LogP) is 11.8. The van der Waals surface area contributed by atoms with Gasteiger partial charge in [-0.15, -0.1) is 0 Å². The third-order valence-electron chi connectivity index (χ3n) is 12.1. The van der Waals surface area contributed by atoms with Crippen LogP contribution in [0.4, 0.5) is 0 Å². The van der Waals surface area contributed by atoms with Crippen LogP contribution in [0.15, 0.2) is 48.6 Å². The Morgan fingerprint density at radius 1 is 0.548 bits per heavy atom. The van der Waals surface area contributed by atoms with Crippen molar-refractivity contribution in [2.75, 3.05) is 13.2 Å². The van der Waals surface area contributed by atoms with Gasteiger partial charge < -0.3 is 40.3 Å². The van der Waals surface area contributed by atoms with Gasteiger partial charge in [-0.2, -0.15) is 0 Å². The summed E-state index contributed by atoms with van der Waals surface area (Å²) in [7, 11) is 0. The van der Waals surface area contributed by atoms with Gasteiger partial charge in [0.25, 0.3) is 0 Å². The van der Waals surface area contributed by atoms with Crippen LogP contribution in [0.2, 0.25) is 0 Å². The zero-order valence-electron chi connectivity index (χ0n) is 39.9. The molecule has 0 aromatic rings. The molecule has 62 heavy (non-hydrogen) atoms. The van der Waals surface area contributed by atoms with E-state index in [4.69, 9.17) is 9.47 Å². The number of carbonyl (C=O) groups is 1. The number of aliphatic hydroxyl groups is 5. The van der Waals surface area contributed by atoms with Crippen LogP contribution in [0.3, 0.4) is 0 Å². The fourth-order valence-electron chi connectivity index (χ4n) is 7.97. The number of amides is 1. The largest absolute Gasteiger partial charge is 0.394 e. The number of ether oxygens (including phenoxy) is 2. The first kappa shape index (κ1) is 58.2. The van der Waals surface area contributed by atoms with E-state index in [2.05, 4.69) is 55.6 Å². The van der Waals surface area contributed by atoms with Gasteiger partial charge in [-0.05, 0) is 57.8 Å². The molecule has 1 aliphatic heterocycles. The Kier molecular flexibility index (Phi) is 40.4. The lowest BCUT2D eigenvalue weighted by Crippen LogP contribution is -2.60. The van der Waals surface area contributed by atoms with Crippen molar-refractivity contribution in [1.82, 2.24) is 5.32 Å². The molecule has 1 rings (SSSR count). The van der Waals surface area contributed by atoms with E-state index in [1.54, 1.807) is 6.08 Å². The van der Waals surface area contributed by atoms with Crippen LogP contribution < -0.4 is 5.32 Å². The van der Waals surface area contributed by atoms with Crippen LogP contribution in [-0.2, 0) is 14.3 Å². The summed E-state index contributed by atoms with van der Waals surface area (Å²) >= 11 is 0. The van der Waals surface area contributed by atoms with Crippen molar-refractivity contribution in [3.8, 4) is 0 Å². The highest BCUT2D eigenvalue weighted by atomic mass is 16.7. The van der Waals surface area contributed by atoms with E-state index in [1.165, 1.54) is 135 Å². The van der Waals surface area contributed by atoms with Gasteiger partial charge in [-0.1, -0.05) is 210 Å². The zero-order chi connectivity index (χ0) is 45.1. The summed E-state index contributed by atoms with van der Waals surface area (Å²) < 4.78 is 11.2. The number of nitrogens with one attached hydrogen (secondary N) is 1. The normalized spacial score (nSPS) is 20.7. The molecule has 9 heteroatoms. The van der Waals surface area contributed by atoms with Crippen LogP contribution in [-0.4, -0.2) is 87.5 Å². The molecule has 1 aliphatic rings. The van der Waals surface area contributed by atoms with Crippen LogP contribution in [0, 0.1) is 0 Å². The molecule has 1 saturated heterocycles. The molecule has 1 heterocycles. The highest BCUT2D eigenvalue weighted by Gasteiger charge is 2.44. The van der Waals surface area contributed by atoms with E-state index in [0.29, 0.717) is 6.42 Å². The lowest BCUT2D eigenvalue weighted by Gasteiger charge is -2.40. The van der Waals surface area contributed by atoms with Crippen molar-refractivity contribution in [1.29, 1.82) is 0 Å². The van der Waals surface area contributed by atoms with Gasteiger partial charge >= 0.3 is 0 Å². The van der Waals surface area contributed by atoms with Crippen molar-refractivity contribution in [3.63, 3.8) is 0 Å². The number of aliphatic hydroxyl groups excluding tert-OH is 5. The van der Waals surface area contributed by atoms with E-state index >= 15 is 0 Å². The van der Waals surface area contributed by atoms with E-state index in [1.807, 2.05) is 6.08 Å². The average molecular weight is 876 g/mol. The molecule has 7 atom stereocenters. The summed E-state index contributed by atoms with van der Waals surface area (Å²) in [6.07, 6.45) is 48.9. The first-order valence-corrected chi connectivity index (χ1v) is 25.9. The van der Waals surface area contributed by atoms with Crippen molar-refractivity contribution < 1.29 is 39.8 Å². The molecule has 0 aromatic heterocycles. The molecule has 6 N–H and O–H groups in total. The van der Waals surface area contributed by atoms with E-state index in [-0.39, 0.29) is 12.5 Å². The van der Waals surface area contributed by atoms with Gasteiger partial charge in [0.15, 0.2) is 6.29 Å². The smallest absolute Gasteiger partial charge is 0.220 e. The van der Waals surface area contributed by atoms with Crippen molar-refractivity contribution in [2.45, 2.75) is 269 Å². The first-order valence-electron chi connectivity index (χ1n) is 25.9. The van der Waals surface area contributed by atoms with E-state index < -0.39 is 49.5 Å². The monoisotopic (exact) mass is 876 g/mol. The molecule has 0 bridgehead atoms. The SMILES string of the molecule is CCC/C=C\C/C=C\CCCCCCCC(=O)NC(COC1OC(CO)C(O)C(O)C1O)C(O)/C=C/CC/C=C/CCCCCCCCCCCCCCCCCCCCCC. The van der Waals surface area contributed by atoms with Crippen LogP contribution in [0.5, 0.6) is 0 Å². The summed E-state index contributed by atoms with van der Waals surface area (Å²) in [4.78, 5) is 12.9. The second-order valence-corrected chi connectivity index (χ2v) is 18.0. The molecular formula is C53H97NO8. The number of hydrogen-bond acceptors (Lipinski definition) is 8. The summed E-state index contributed by atoms with van der Waals surface area (Å²) in [6, 6.07) is -0.829. The molecule has 0 saturated carbocycles. The first-order chi connectivity index (χ1) is 30.3. The van der Waals surface area contributed by atoms with Crippen molar-refractivity contribution in [2.24, 2.45) is 0 Å². The lowest BCUT2D eigenvalue weighted by atomic mass is 9.99. The van der Waals surface area contributed by atoms with Crippen molar-refractivity contribution >= 4 is 5.91 Å². The maximum Gasteiger partial charge on any atom is 0.220 e. The molecule has 0 radical (unpaired) electrons. The average Bonchev–Trinajstić information content (AvgIpc) is 3.27. The Morgan fingerprint density at radius 3 is 1.52 bits per heavy atom. The van der Waals surface area contributed by atoms with Crippen LogP contribution in [0.25, 0.3) is 0 Å². The molecule has 1 fully saturated rings. The minimum atomic E-state index is -1.57. The summed E-state index contributed by atoms with van der Waals surface area (Å²) in [6.45, 7) is 3.69. The number of allylic oxidation sites excluding steroid dienone is 7. The minimum Gasteiger partial charge on any atom is -0.394 e. The third-order valence-corrected chi connectivity index (χ3v) is 12.1. The molecule has 0 spiro atoms. The zero-order valence-corrected chi connectivity index (χ0v) is 39.9. The molecule has 1 amide bonds.